The van der Waals surface area contributed by atoms with Crippen LogP contribution < -0.4 is 19.5 Å². The lowest BCUT2D eigenvalue weighted by Crippen LogP contribution is -2.39. The van der Waals surface area contributed by atoms with Crippen LogP contribution >= 0.6 is 0 Å². The van der Waals surface area contributed by atoms with Gasteiger partial charge in [-0.2, -0.15) is 0 Å². The lowest BCUT2D eigenvalue weighted by atomic mass is 10.0. The molecule has 1 aliphatic carbocycles. The normalized spacial score (nSPS) is 17.2. The fourth-order valence-electron chi connectivity index (χ4n) is 4.72. The summed E-state index contributed by atoms with van der Waals surface area (Å²) in [6.07, 6.45) is 3.64. The van der Waals surface area contributed by atoms with Gasteiger partial charge in [-0.05, 0) is 55.2 Å². The fraction of sp³-hybridized carbons (Fsp3) is 0.286. The standard InChI is InChI=1S/C28H28N2O6/c1-33-24-13-18(14-25(34-2)27(24)35-3)23-15-21-26(36-23)19(10-11-29-21)16-6-4-7-17(12-16)28(32)30-20-8-5-9-22(20)31/h4,6-7,10-15,20,22,31H,5,8-9H2,1-3H3,(H,30,32)/t20-,22+/m1/s1. The molecule has 4 aromatic rings. The van der Waals surface area contributed by atoms with E-state index in [2.05, 4.69) is 10.3 Å². The highest BCUT2D eigenvalue weighted by atomic mass is 16.5. The van der Waals surface area contributed by atoms with Crippen LogP contribution in [0.25, 0.3) is 33.6 Å². The zero-order valence-corrected chi connectivity index (χ0v) is 20.4. The third kappa shape index (κ3) is 4.35. The zero-order chi connectivity index (χ0) is 25.2. The highest BCUT2D eigenvalue weighted by Crippen LogP contribution is 2.42. The molecule has 2 aromatic heterocycles. The number of hydrogen-bond donors (Lipinski definition) is 2. The number of carbonyl (C=O) groups excluding carboxylic acids is 1. The predicted molar refractivity (Wildman–Crippen MR) is 136 cm³/mol. The van der Waals surface area contributed by atoms with Crippen LogP contribution in [0.5, 0.6) is 17.2 Å². The van der Waals surface area contributed by atoms with Crippen molar-refractivity contribution in [2.75, 3.05) is 21.3 Å². The molecule has 0 aliphatic heterocycles. The van der Waals surface area contributed by atoms with E-state index in [4.69, 9.17) is 18.6 Å². The Hall–Kier alpha value is -4.04. The molecule has 0 unspecified atom stereocenters. The number of fused-ring (bicyclic) bond motifs is 1. The molecule has 1 saturated carbocycles. The zero-order valence-electron chi connectivity index (χ0n) is 20.4. The molecule has 0 radical (unpaired) electrons. The molecule has 0 saturated heterocycles. The molecule has 2 atom stereocenters. The van der Waals surface area contributed by atoms with Crippen LogP contribution in [0.2, 0.25) is 0 Å². The summed E-state index contributed by atoms with van der Waals surface area (Å²) < 4.78 is 22.7. The first kappa shape index (κ1) is 23.7. The van der Waals surface area contributed by atoms with Crippen molar-refractivity contribution in [2.45, 2.75) is 31.4 Å². The first-order valence-corrected chi connectivity index (χ1v) is 11.8. The highest BCUT2D eigenvalue weighted by Gasteiger charge is 2.27. The maximum Gasteiger partial charge on any atom is 0.251 e. The molecule has 1 amide bonds. The van der Waals surface area contributed by atoms with Gasteiger partial charge in [-0.3, -0.25) is 9.78 Å². The summed E-state index contributed by atoms with van der Waals surface area (Å²) in [7, 11) is 4.69. The van der Waals surface area contributed by atoms with Crippen molar-refractivity contribution in [2.24, 2.45) is 0 Å². The lowest BCUT2D eigenvalue weighted by Gasteiger charge is -2.16. The van der Waals surface area contributed by atoms with Gasteiger partial charge in [0.2, 0.25) is 5.75 Å². The van der Waals surface area contributed by atoms with E-state index in [9.17, 15) is 9.90 Å². The summed E-state index contributed by atoms with van der Waals surface area (Å²) in [6.45, 7) is 0. The van der Waals surface area contributed by atoms with Gasteiger partial charge in [0.25, 0.3) is 5.91 Å². The van der Waals surface area contributed by atoms with Crippen LogP contribution in [-0.4, -0.2) is 49.5 Å². The SMILES string of the molecule is COc1cc(-c2cc3nccc(-c4cccc(C(=O)N[C@@H]5CCC[C@@H]5O)c4)c3o2)cc(OC)c1OC. The number of aliphatic hydroxyl groups excluding tert-OH is 1. The van der Waals surface area contributed by atoms with Crippen LogP contribution in [0.3, 0.4) is 0 Å². The van der Waals surface area contributed by atoms with Crippen molar-refractivity contribution in [3.05, 3.63) is 60.3 Å². The number of benzene rings is 2. The van der Waals surface area contributed by atoms with E-state index in [-0.39, 0.29) is 11.9 Å². The van der Waals surface area contributed by atoms with Crippen LogP contribution in [0.15, 0.2) is 59.1 Å². The summed E-state index contributed by atoms with van der Waals surface area (Å²) in [6, 6.07) is 14.5. The number of furan rings is 1. The molecule has 2 N–H and O–H groups in total. The minimum Gasteiger partial charge on any atom is -0.493 e. The van der Waals surface area contributed by atoms with Crippen molar-refractivity contribution in [1.82, 2.24) is 10.3 Å². The summed E-state index contributed by atoms with van der Waals surface area (Å²) in [5.41, 5.74) is 4.19. The van der Waals surface area contributed by atoms with E-state index in [0.717, 1.165) is 29.5 Å². The minimum atomic E-state index is -0.492. The van der Waals surface area contributed by atoms with E-state index in [1.807, 2.05) is 42.5 Å². The van der Waals surface area contributed by atoms with Crippen molar-refractivity contribution in [3.8, 4) is 39.7 Å². The van der Waals surface area contributed by atoms with Crippen molar-refractivity contribution >= 4 is 17.0 Å². The third-order valence-corrected chi connectivity index (χ3v) is 6.59. The minimum absolute atomic E-state index is 0.203. The second-order valence-electron chi connectivity index (χ2n) is 8.76. The Bertz CT molecular complexity index is 1390. The van der Waals surface area contributed by atoms with Crippen molar-refractivity contribution in [1.29, 1.82) is 0 Å². The van der Waals surface area contributed by atoms with Gasteiger partial charge in [0.1, 0.15) is 11.3 Å². The number of hydrogen-bond acceptors (Lipinski definition) is 7. The van der Waals surface area contributed by atoms with Crippen LogP contribution in [0, 0.1) is 0 Å². The summed E-state index contributed by atoms with van der Waals surface area (Å²) in [5, 5.41) is 13.0. The first-order chi connectivity index (χ1) is 17.5. The first-order valence-electron chi connectivity index (χ1n) is 11.8. The Morgan fingerprint density at radius 3 is 2.44 bits per heavy atom. The Labute approximate surface area is 208 Å². The number of aromatic nitrogens is 1. The van der Waals surface area contributed by atoms with Gasteiger partial charge in [-0.1, -0.05) is 12.1 Å². The molecule has 2 heterocycles. The Morgan fingerprint density at radius 2 is 1.78 bits per heavy atom. The van der Waals surface area contributed by atoms with Crippen molar-refractivity contribution in [3.63, 3.8) is 0 Å². The second kappa shape index (κ2) is 9.91. The number of aliphatic hydroxyl groups is 1. The molecule has 1 aliphatic rings. The molecule has 186 valence electrons. The van der Waals surface area contributed by atoms with E-state index in [1.165, 1.54) is 0 Å². The van der Waals surface area contributed by atoms with Gasteiger partial charge >= 0.3 is 0 Å². The van der Waals surface area contributed by atoms with E-state index in [0.29, 0.717) is 46.1 Å². The molecule has 8 heteroatoms. The molecule has 1 fully saturated rings. The van der Waals surface area contributed by atoms with Gasteiger partial charge < -0.3 is 29.1 Å². The smallest absolute Gasteiger partial charge is 0.251 e. The highest BCUT2D eigenvalue weighted by molar-refractivity contribution is 5.98. The average molecular weight is 489 g/mol. The molecular formula is C28H28N2O6. The van der Waals surface area contributed by atoms with Gasteiger partial charge in [-0.15, -0.1) is 0 Å². The van der Waals surface area contributed by atoms with E-state index >= 15 is 0 Å². The average Bonchev–Trinajstić information content (AvgIpc) is 3.53. The van der Waals surface area contributed by atoms with Gasteiger partial charge in [-0.25, -0.2) is 0 Å². The Kier molecular flexibility index (Phi) is 6.52. The van der Waals surface area contributed by atoms with Crippen molar-refractivity contribution < 1.29 is 28.5 Å². The van der Waals surface area contributed by atoms with Gasteiger partial charge in [0, 0.05) is 29.0 Å². The van der Waals surface area contributed by atoms with Gasteiger partial charge in [0.05, 0.1) is 33.5 Å². The monoisotopic (exact) mass is 488 g/mol. The molecule has 2 aromatic carbocycles. The third-order valence-electron chi connectivity index (χ3n) is 6.59. The number of amides is 1. The maximum atomic E-state index is 12.9. The maximum absolute atomic E-state index is 12.9. The molecule has 5 rings (SSSR count). The van der Waals surface area contributed by atoms with E-state index < -0.39 is 6.10 Å². The summed E-state index contributed by atoms with van der Waals surface area (Å²) in [4.78, 5) is 17.3. The van der Waals surface area contributed by atoms with E-state index in [1.54, 1.807) is 33.6 Å². The predicted octanol–water partition coefficient (Wildman–Crippen LogP) is 4.83. The topological polar surface area (TPSA) is 103 Å². The number of nitrogens with one attached hydrogen (secondary N) is 1. The van der Waals surface area contributed by atoms with Gasteiger partial charge in [0.15, 0.2) is 17.1 Å². The largest absolute Gasteiger partial charge is 0.493 e. The number of carbonyl (C=O) groups is 1. The molecule has 8 nitrogen and oxygen atoms in total. The Morgan fingerprint density at radius 1 is 1.00 bits per heavy atom. The number of methoxy groups -OCH3 is 3. The summed E-state index contributed by atoms with van der Waals surface area (Å²) >= 11 is 0. The summed E-state index contributed by atoms with van der Waals surface area (Å²) in [5.74, 6) is 1.93. The lowest BCUT2D eigenvalue weighted by molar-refractivity contribution is 0.0873. The molecule has 0 bridgehead atoms. The molecule has 36 heavy (non-hydrogen) atoms. The number of nitrogens with zero attached hydrogens (tertiary/aromatic N) is 1. The van der Waals surface area contributed by atoms with Crippen LogP contribution in [-0.2, 0) is 0 Å². The quantitative estimate of drug-likeness (QED) is 0.384. The number of rotatable bonds is 7. The second-order valence-corrected chi connectivity index (χ2v) is 8.76. The fourth-order valence-corrected chi connectivity index (χ4v) is 4.72. The molecular weight excluding hydrogens is 460 g/mol. The van der Waals surface area contributed by atoms with Crippen LogP contribution in [0.4, 0.5) is 0 Å². The van der Waals surface area contributed by atoms with Crippen LogP contribution in [0.1, 0.15) is 29.6 Å². The Balaban J connectivity index is 1.51. The number of pyridine rings is 1. The molecule has 0 spiro atoms. The number of ether oxygens (including phenoxy) is 3.